The first kappa shape index (κ1) is 24.4. The van der Waals surface area contributed by atoms with Gasteiger partial charge in [-0.05, 0) is 6.42 Å². The van der Waals surface area contributed by atoms with Crippen molar-refractivity contribution in [3.05, 3.63) is 0 Å². The van der Waals surface area contributed by atoms with E-state index in [2.05, 4.69) is 6.92 Å². The van der Waals surface area contributed by atoms with E-state index in [-0.39, 0.29) is 6.16 Å². The number of rotatable bonds is 13. The third-order valence-electron chi connectivity index (χ3n) is 3.30. The molecule has 0 heterocycles. The minimum absolute atomic E-state index is 0.0599. The fraction of sp³-hybridized carbons (Fsp3) is 1.00. The molecule has 6 nitrogen and oxygen atoms in total. The SMILES string of the molecule is CCCCCCCCCCCCCCP(=O)(O)O.O=[P+](O)O. The summed E-state index contributed by atoms with van der Waals surface area (Å²) in [7, 11) is -6.62. The first-order valence-corrected chi connectivity index (χ1v) is 11.2. The summed E-state index contributed by atoms with van der Waals surface area (Å²) in [5, 5.41) is 0. The van der Waals surface area contributed by atoms with Crippen LogP contribution in [0.25, 0.3) is 0 Å². The van der Waals surface area contributed by atoms with Crippen LogP contribution >= 0.6 is 15.9 Å². The largest absolute Gasteiger partial charge is 0.692 e. The average molecular weight is 359 g/mol. The third kappa shape index (κ3) is 32.2. The third-order valence-corrected chi connectivity index (χ3v) is 4.20. The first-order valence-electron chi connectivity index (χ1n) is 8.19. The monoisotopic (exact) mass is 359 g/mol. The zero-order valence-electron chi connectivity index (χ0n) is 13.7. The molecule has 4 N–H and O–H groups in total. The molecular weight excluding hydrogens is 326 g/mol. The van der Waals surface area contributed by atoms with Crippen molar-refractivity contribution in [2.45, 2.75) is 84.0 Å². The van der Waals surface area contributed by atoms with Gasteiger partial charge in [0, 0.05) is 10.7 Å². The molecule has 0 radical (unpaired) electrons. The molecule has 0 saturated heterocycles. The van der Waals surface area contributed by atoms with Crippen molar-refractivity contribution in [1.29, 1.82) is 0 Å². The summed E-state index contributed by atoms with van der Waals surface area (Å²) in [6.07, 6.45) is 14.8. The predicted molar refractivity (Wildman–Crippen MR) is 90.0 cm³/mol. The van der Waals surface area contributed by atoms with E-state index in [1.807, 2.05) is 0 Å². The standard InChI is InChI=1S/C14H31O3P.HO3P/c1-2-3-4-5-6-7-8-9-10-11-12-13-14-18(15,16)17;1-4(2)3/h2-14H2,1H3,(H2,15,16,17);(H-,1,2,3)/p+1. The lowest BCUT2D eigenvalue weighted by atomic mass is 10.1. The smallest absolute Gasteiger partial charge is 0.324 e. The molecule has 0 aliphatic rings. The molecule has 0 aliphatic heterocycles. The van der Waals surface area contributed by atoms with Crippen LogP contribution in [0.3, 0.4) is 0 Å². The van der Waals surface area contributed by atoms with E-state index in [4.69, 9.17) is 24.1 Å². The second-order valence-corrected chi connectivity index (χ2v) is 7.81. The Hall–Kier alpha value is 0.170. The Labute approximate surface area is 135 Å². The highest BCUT2D eigenvalue weighted by Crippen LogP contribution is 2.35. The zero-order chi connectivity index (χ0) is 17.3. The van der Waals surface area contributed by atoms with Crippen LogP contribution in [0.2, 0.25) is 0 Å². The van der Waals surface area contributed by atoms with Gasteiger partial charge in [-0.1, -0.05) is 77.6 Å². The second kappa shape index (κ2) is 17.5. The Bertz CT molecular complexity index is 289. The molecule has 0 bridgehead atoms. The Kier molecular flexibility index (Phi) is 19.5. The molecule has 0 fully saturated rings. The van der Waals surface area contributed by atoms with Crippen molar-refractivity contribution in [3.63, 3.8) is 0 Å². The molecule has 0 unspecified atom stereocenters. The van der Waals surface area contributed by atoms with Gasteiger partial charge >= 0.3 is 15.9 Å². The summed E-state index contributed by atoms with van der Waals surface area (Å²) in [4.78, 5) is 31.6. The van der Waals surface area contributed by atoms with Crippen molar-refractivity contribution >= 4 is 15.9 Å². The van der Waals surface area contributed by atoms with Crippen molar-refractivity contribution in [2.75, 3.05) is 6.16 Å². The summed E-state index contributed by atoms with van der Waals surface area (Å²) >= 11 is 0. The maximum Gasteiger partial charge on any atom is 0.692 e. The van der Waals surface area contributed by atoms with Gasteiger partial charge in [0.2, 0.25) is 0 Å². The fourth-order valence-corrected chi connectivity index (χ4v) is 2.79. The highest BCUT2D eigenvalue weighted by molar-refractivity contribution is 7.51. The minimum Gasteiger partial charge on any atom is -0.324 e. The van der Waals surface area contributed by atoms with Gasteiger partial charge in [-0.15, -0.1) is 9.79 Å². The summed E-state index contributed by atoms with van der Waals surface area (Å²) in [5.41, 5.74) is 0. The van der Waals surface area contributed by atoms with Crippen LogP contribution in [0, 0.1) is 0 Å². The quantitative estimate of drug-likeness (QED) is 0.284. The second-order valence-electron chi connectivity index (χ2n) is 5.53. The van der Waals surface area contributed by atoms with Crippen LogP contribution < -0.4 is 0 Å². The van der Waals surface area contributed by atoms with Gasteiger partial charge in [-0.3, -0.25) is 4.57 Å². The van der Waals surface area contributed by atoms with Crippen molar-refractivity contribution in [3.8, 4) is 0 Å². The van der Waals surface area contributed by atoms with Gasteiger partial charge < -0.3 is 9.79 Å². The molecule has 0 aromatic heterocycles. The molecule has 0 aliphatic carbocycles. The van der Waals surface area contributed by atoms with E-state index in [9.17, 15) is 4.57 Å². The maximum atomic E-state index is 10.6. The molecule has 0 amide bonds. The van der Waals surface area contributed by atoms with Crippen LogP contribution in [0.4, 0.5) is 0 Å². The van der Waals surface area contributed by atoms with Crippen molar-refractivity contribution < 1.29 is 28.7 Å². The molecule has 134 valence electrons. The van der Waals surface area contributed by atoms with E-state index < -0.39 is 15.9 Å². The van der Waals surface area contributed by atoms with Crippen LogP contribution in [-0.2, 0) is 9.13 Å². The van der Waals surface area contributed by atoms with Gasteiger partial charge in [-0.25, -0.2) is 0 Å². The minimum atomic E-state index is -3.75. The van der Waals surface area contributed by atoms with Crippen LogP contribution in [0.15, 0.2) is 0 Å². The number of unbranched alkanes of at least 4 members (excludes halogenated alkanes) is 11. The molecular formula is C14H33O6P2+. The van der Waals surface area contributed by atoms with Crippen LogP contribution in [-0.4, -0.2) is 25.7 Å². The Balaban J connectivity index is 0. The van der Waals surface area contributed by atoms with Crippen molar-refractivity contribution in [1.82, 2.24) is 0 Å². The molecule has 0 saturated carbocycles. The fourth-order valence-electron chi connectivity index (χ4n) is 2.16. The van der Waals surface area contributed by atoms with E-state index in [1.165, 1.54) is 57.8 Å². The Morgan fingerprint density at radius 2 is 1.00 bits per heavy atom. The van der Waals surface area contributed by atoms with E-state index in [0.717, 1.165) is 12.8 Å². The van der Waals surface area contributed by atoms with Gasteiger partial charge in [0.15, 0.2) is 0 Å². The van der Waals surface area contributed by atoms with Gasteiger partial charge in [0.25, 0.3) is 0 Å². The molecule has 0 aromatic rings. The summed E-state index contributed by atoms with van der Waals surface area (Å²) in [6, 6.07) is 0. The van der Waals surface area contributed by atoms with E-state index in [1.54, 1.807) is 0 Å². The molecule has 0 atom stereocenters. The summed E-state index contributed by atoms with van der Waals surface area (Å²) in [5.74, 6) is 0. The van der Waals surface area contributed by atoms with Crippen LogP contribution in [0.1, 0.15) is 84.0 Å². The average Bonchev–Trinajstić information content (AvgIpc) is 2.38. The topological polar surface area (TPSA) is 115 Å². The lowest BCUT2D eigenvalue weighted by Gasteiger charge is -2.04. The lowest BCUT2D eigenvalue weighted by molar-refractivity contribution is 0.370. The number of hydrogen-bond donors (Lipinski definition) is 4. The lowest BCUT2D eigenvalue weighted by Crippen LogP contribution is -1.88. The maximum absolute atomic E-state index is 10.6. The van der Waals surface area contributed by atoms with Gasteiger partial charge in [0.1, 0.15) is 0 Å². The summed E-state index contributed by atoms with van der Waals surface area (Å²) in [6.45, 7) is 2.24. The predicted octanol–water partition coefficient (Wildman–Crippen LogP) is 4.49. The summed E-state index contributed by atoms with van der Waals surface area (Å²) < 4.78 is 19.3. The number of hydrogen-bond acceptors (Lipinski definition) is 2. The van der Waals surface area contributed by atoms with Gasteiger partial charge in [-0.2, -0.15) is 0 Å². The highest BCUT2D eigenvalue weighted by atomic mass is 31.2. The normalized spacial score (nSPS) is 11.0. The zero-order valence-corrected chi connectivity index (χ0v) is 15.5. The first-order chi connectivity index (χ1) is 10.3. The molecule has 0 spiro atoms. The van der Waals surface area contributed by atoms with E-state index in [0.29, 0.717) is 6.42 Å². The Morgan fingerprint density at radius 3 is 1.27 bits per heavy atom. The molecule has 8 heteroatoms. The molecule has 22 heavy (non-hydrogen) atoms. The van der Waals surface area contributed by atoms with Gasteiger partial charge in [0.05, 0.1) is 0 Å². The molecule has 0 aromatic carbocycles. The van der Waals surface area contributed by atoms with Crippen LogP contribution in [0.5, 0.6) is 0 Å². The van der Waals surface area contributed by atoms with Crippen molar-refractivity contribution in [2.24, 2.45) is 0 Å². The van der Waals surface area contributed by atoms with E-state index >= 15 is 0 Å². The Morgan fingerprint density at radius 1 is 0.727 bits per heavy atom. The molecule has 0 rings (SSSR count). The highest BCUT2D eigenvalue weighted by Gasteiger charge is 2.10.